The molecular formula is C12H21N3O6S. The van der Waals surface area contributed by atoms with E-state index in [0.29, 0.717) is 5.75 Å². The van der Waals surface area contributed by atoms with Gasteiger partial charge in [-0.1, -0.05) is 0 Å². The van der Waals surface area contributed by atoms with E-state index in [0.717, 1.165) is 0 Å². The molecule has 0 bridgehead atoms. The van der Waals surface area contributed by atoms with Crippen molar-refractivity contribution in [2.24, 2.45) is 0 Å². The Kier molecular flexibility index (Phi) is 6.27. The maximum absolute atomic E-state index is 12.2. The zero-order valence-corrected chi connectivity index (χ0v) is 13.8. The number of hydrogen-bond acceptors (Lipinski definition) is 7. The van der Waals surface area contributed by atoms with Gasteiger partial charge in [-0.25, -0.2) is 4.79 Å². The summed E-state index contributed by atoms with van der Waals surface area (Å²) in [6.45, 7) is 6.84. The van der Waals surface area contributed by atoms with Gasteiger partial charge in [0.25, 0.3) is 5.09 Å². The summed E-state index contributed by atoms with van der Waals surface area (Å²) < 4.78 is 5.31. The van der Waals surface area contributed by atoms with Crippen LogP contribution in [0.25, 0.3) is 0 Å². The van der Waals surface area contributed by atoms with Gasteiger partial charge in [-0.3, -0.25) is 9.69 Å². The minimum Gasteiger partial charge on any atom is -0.444 e. The van der Waals surface area contributed by atoms with E-state index in [-0.39, 0.29) is 24.4 Å². The zero-order chi connectivity index (χ0) is 16.9. The Bertz CT molecular complexity index is 439. The number of nitrogens with zero attached hydrogens (tertiary/aromatic N) is 2. The summed E-state index contributed by atoms with van der Waals surface area (Å²) >= 11 is 1.46. The normalized spacial score (nSPS) is 21.4. The lowest BCUT2D eigenvalue weighted by molar-refractivity contribution is -0.757. The Morgan fingerprint density at radius 2 is 2.09 bits per heavy atom. The topological polar surface area (TPSA) is 111 Å². The van der Waals surface area contributed by atoms with Gasteiger partial charge >= 0.3 is 6.09 Å². The van der Waals surface area contributed by atoms with E-state index in [1.54, 1.807) is 20.8 Å². The van der Waals surface area contributed by atoms with Crippen LogP contribution in [-0.4, -0.2) is 57.9 Å². The van der Waals surface area contributed by atoms with Gasteiger partial charge in [-0.2, -0.15) is 0 Å². The monoisotopic (exact) mass is 335 g/mol. The Balaban J connectivity index is 2.58. The van der Waals surface area contributed by atoms with Crippen molar-refractivity contribution in [1.29, 1.82) is 0 Å². The molecule has 1 heterocycles. The first-order valence-electron chi connectivity index (χ1n) is 6.80. The van der Waals surface area contributed by atoms with Crippen LogP contribution in [0.1, 0.15) is 27.7 Å². The first-order chi connectivity index (χ1) is 10.1. The SMILES string of the molecule is CC1SC[C@@H](C(=O)NCCO[N+](=O)[O-])N1C(=O)OC(C)(C)C. The fourth-order valence-electron chi connectivity index (χ4n) is 1.85. The van der Waals surface area contributed by atoms with E-state index in [2.05, 4.69) is 10.2 Å². The lowest BCUT2D eigenvalue weighted by atomic mass is 10.2. The number of nitrogens with one attached hydrogen (secondary N) is 1. The molecule has 0 aromatic carbocycles. The molecule has 22 heavy (non-hydrogen) atoms. The van der Waals surface area contributed by atoms with Crippen LogP contribution in [0.4, 0.5) is 4.79 Å². The minimum atomic E-state index is -0.924. The second kappa shape index (κ2) is 7.52. The fraction of sp³-hybridized carbons (Fsp3) is 0.833. The first kappa shape index (κ1) is 18.3. The van der Waals surface area contributed by atoms with Gasteiger partial charge in [0.15, 0.2) is 0 Å². The molecule has 1 aliphatic heterocycles. The van der Waals surface area contributed by atoms with Gasteiger partial charge < -0.3 is 14.9 Å². The number of carbonyl (C=O) groups is 2. The third kappa shape index (κ3) is 5.58. The first-order valence-corrected chi connectivity index (χ1v) is 7.84. The van der Waals surface area contributed by atoms with E-state index >= 15 is 0 Å². The molecule has 1 rings (SSSR count). The largest absolute Gasteiger partial charge is 0.444 e. The Labute approximate surface area is 132 Å². The summed E-state index contributed by atoms with van der Waals surface area (Å²) in [5.74, 6) is 0.0668. The Hall–Kier alpha value is -1.71. The molecule has 0 spiro atoms. The third-order valence-electron chi connectivity index (χ3n) is 2.73. The highest BCUT2D eigenvalue weighted by Gasteiger charge is 2.41. The van der Waals surface area contributed by atoms with Gasteiger partial charge in [-0.05, 0) is 27.7 Å². The van der Waals surface area contributed by atoms with Crippen molar-refractivity contribution in [3.63, 3.8) is 0 Å². The van der Waals surface area contributed by atoms with E-state index < -0.39 is 22.8 Å². The maximum Gasteiger partial charge on any atom is 0.411 e. The molecule has 10 heteroatoms. The molecule has 126 valence electrons. The number of hydrogen-bond donors (Lipinski definition) is 1. The van der Waals surface area contributed by atoms with Gasteiger partial charge in [0.2, 0.25) is 5.91 Å². The summed E-state index contributed by atoms with van der Waals surface area (Å²) in [5, 5.41) is 11.4. The van der Waals surface area contributed by atoms with Crippen molar-refractivity contribution in [2.45, 2.75) is 44.7 Å². The van der Waals surface area contributed by atoms with Gasteiger partial charge in [0.1, 0.15) is 18.2 Å². The Morgan fingerprint density at radius 3 is 2.64 bits per heavy atom. The highest BCUT2D eigenvalue weighted by atomic mass is 32.2. The minimum absolute atomic E-state index is 0.00246. The highest BCUT2D eigenvalue weighted by molar-refractivity contribution is 8.00. The van der Waals surface area contributed by atoms with Crippen LogP contribution >= 0.6 is 11.8 Å². The molecule has 0 radical (unpaired) electrons. The molecule has 1 unspecified atom stereocenters. The van der Waals surface area contributed by atoms with Crippen LogP contribution < -0.4 is 5.32 Å². The zero-order valence-electron chi connectivity index (χ0n) is 13.0. The van der Waals surface area contributed by atoms with Crippen molar-refractivity contribution in [3.8, 4) is 0 Å². The second-order valence-corrected chi connectivity index (χ2v) is 7.03. The van der Waals surface area contributed by atoms with Gasteiger partial charge in [-0.15, -0.1) is 21.9 Å². The number of thioether (sulfide) groups is 1. The van der Waals surface area contributed by atoms with E-state index in [4.69, 9.17) is 4.74 Å². The summed E-state index contributed by atoms with van der Waals surface area (Å²) in [7, 11) is 0. The summed E-state index contributed by atoms with van der Waals surface area (Å²) in [6.07, 6.45) is -0.549. The van der Waals surface area contributed by atoms with Crippen LogP contribution in [0.3, 0.4) is 0 Å². The maximum atomic E-state index is 12.2. The number of rotatable bonds is 5. The van der Waals surface area contributed by atoms with Crippen LogP contribution in [0.5, 0.6) is 0 Å². The standard InChI is InChI=1S/C12H21N3O6S/c1-8-14(11(17)21-12(2,3)4)9(7-22-8)10(16)13-5-6-20-15(18)19/h8-9H,5-7H2,1-4H3,(H,13,16)/t8?,9-/m0/s1. The molecule has 2 amide bonds. The smallest absolute Gasteiger partial charge is 0.411 e. The summed E-state index contributed by atoms with van der Waals surface area (Å²) in [5.41, 5.74) is -0.648. The molecule has 1 N–H and O–H groups in total. The number of carbonyl (C=O) groups excluding carboxylic acids is 2. The quantitative estimate of drug-likeness (QED) is 0.453. The number of amides is 2. The molecule has 0 aromatic rings. The van der Waals surface area contributed by atoms with E-state index in [1.807, 2.05) is 6.92 Å². The fourth-order valence-corrected chi connectivity index (χ4v) is 3.02. The van der Waals surface area contributed by atoms with Gasteiger partial charge in [0, 0.05) is 12.3 Å². The molecule has 0 aromatic heterocycles. The van der Waals surface area contributed by atoms with Crippen molar-refractivity contribution in [3.05, 3.63) is 10.1 Å². The molecule has 1 saturated heterocycles. The molecule has 1 aliphatic rings. The van der Waals surface area contributed by atoms with Crippen molar-refractivity contribution in [2.75, 3.05) is 18.9 Å². The van der Waals surface area contributed by atoms with E-state index in [9.17, 15) is 19.7 Å². The van der Waals surface area contributed by atoms with Crippen molar-refractivity contribution < 1.29 is 24.3 Å². The average Bonchev–Trinajstić information content (AvgIpc) is 2.74. The van der Waals surface area contributed by atoms with Crippen molar-refractivity contribution >= 4 is 23.8 Å². The summed E-state index contributed by atoms with van der Waals surface area (Å²) in [4.78, 5) is 39.8. The molecule has 2 atom stereocenters. The molecule has 0 aliphatic carbocycles. The van der Waals surface area contributed by atoms with Crippen molar-refractivity contribution in [1.82, 2.24) is 10.2 Å². The average molecular weight is 335 g/mol. The summed E-state index contributed by atoms with van der Waals surface area (Å²) in [6, 6.07) is -0.662. The lowest BCUT2D eigenvalue weighted by Crippen LogP contribution is -2.51. The van der Waals surface area contributed by atoms with Crippen LogP contribution in [-0.2, 0) is 14.4 Å². The molecule has 9 nitrogen and oxygen atoms in total. The lowest BCUT2D eigenvalue weighted by Gasteiger charge is -2.30. The van der Waals surface area contributed by atoms with Crippen LogP contribution in [0.15, 0.2) is 0 Å². The van der Waals surface area contributed by atoms with E-state index in [1.165, 1.54) is 16.7 Å². The highest BCUT2D eigenvalue weighted by Crippen LogP contribution is 2.30. The molecular weight excluding hydrogens is 314 g/mol. The Morgan fingerprint density at radius 1 is 1.45 bits per heavy atom. The number of ether oxygens (including phenoxy) is 1. The predicted octanol–water partition coefficient (Wildman–Crippen LogP) is 1.01. The third-order valence-corrected chi connectivity index (χ3v) is 3.95. The predicted molar refractivity (Wildman–Crippen MR) is 79.7 cm³/mol. The molecule has 1 fully saturated rings. The van der Waals surface area contributed by atoms with Crippen LogP contribution in [0, 0.1) is 10.1 Å². The van der Waals surface area contributed by atoms with Crippen LogP contribution in [0.2, 0.25) is 0 Å². The van der Waals surface area contributed by atoms with Gasteiger partial charge in [0.05, 0.1) is 5.37 Å². The second-order valence-electron chi connectivity index (χ2n) is 5.68. The molecule has 0 saturated carbocycles.